The first-order valence-electron chi connectivity index (χ1n) is 7.98. The fraction of sp³-hybridized carbons (Fsp3) is 0.688. The van der Waals surface area contributed by atoms with Gasteiger partial charge >= 0.3 is 0 Å². The molecule has 1 aromatic heterocycles. The fourth-order valence-electron chi connectivity index (χ4n) is 2.18. The summed E-state index contributed by atoms with van der Waals surface area (Å²) in [5.41, 5.74) is 1.98. The van der Waals surface area contributed by atoms with E-state index in [0.29, 0.717) is 5.96 Å². The topological polar surface area (TPSA) is 83.3 Å². The zero-order valence-electron chi connectivity index (χ0n) is 15.6. The number of rotatable bonds is 6. The largest absolute Gasteiger partial charge is 0.356 e. The molecule has 0 aromatic carbocycles. The zero-order chi connectivity index (χ0) is 17.5. The summed E-state index contributed by atoms with van der Waals surface area (Å²) in [5.74, 6) is 0.575. The number of halogens is 1. The summed E-state index contributed by atoms with van der Waals surface area (Å²) in [6.07, 6.45) is 0.927. The Labute approximate surface area is 162 Å². The Hall–Kier alpha value is -1.32. The maximum Gasteiger partial charge on any atom is 0.239 e. The van der Waals surface area contributed by atoms with Crippen LogP contribution in [0.5, 0.6) is 0 Å². The molecule has 1 aromatic rings. The van der Waals surface area contributed by atoms with E-state index in [1.54, 1.807) is 7.05 Å². The molecule has 0 aliphatic heterocycles. The molecular formula is C16H31IN6O. The van der Waals surface area contributed by atoms with Gasteiger partial charge in [-0.15, -0.1) is 24.0 Å². The highest BCUT2D eigenvalue weighted by atomic mass is 127. The average Bonchev–Trinajstić information content (AvgIpc) is 2.74. The number of aromatic nitrogens is 2. The molecule has 0 spiro atoms. The van der Waals surface area contributed by atoms with E-state index in [1.165, 1.54) is 5.69 Å². The number of carbonyl (C=O) groups excluding carboxylic acids is 1. The van der Waals surface area contributed by atoms with Gasteiger partial charge in [0.05, 0.1) is 12.2 Å². The van der Waals surface area contributed by atoms with Gasteiger partial charge in [-0.25, -0.2) is 0 Å². The molecule has 0 saturated heterocycles. The van der Waals surface area contributed by atoms with Crippen molar-refractivity contribution < 1.29 is 4.79 Å². The molecule has 0 radical (unpaired) electrons. The molecule has 24 heavy (non-hydrogen) atoms. The molecule has 0 unspecified atom stereocenters. The summed E-state index contributed by atoms with van der Waals surface area (Å²) in [6.45, 7) is 11.7. The van der Waals surface area contributed by atoms with Gasteiger partial charge in [0.1, 0.15) is 0 Å². The van der Waals surface area contributed by atoms with E-state index in [-0.39, 0.29) is 42.0 Å². The van der Waals surface area contributed by atoms with Crippen molar-refractivity contribution in [3.63, 3.8) is 0 Å². The number of hydrogen-bond donors (Lipinski definition) is 3. The van der Waals surface area contributed by atoms with E-state index < -0.39 is 0 Å². The Morgan fingerprint density at radius 3 is 2.46 bits per heavy atom. The summed E-state index contributed by atoms with van der Waals surface area (Å²) in [5, 5.41) is 13.5. The molecule has 1 heterocycles. The van der Waals surface area contributed by atoms with Crippen LogP contribution in [0.4, 0.5) is 0 Å². The van der Waals surface area contributed by atoms with Crippen LogP contribution < -0.4 is 16.0 Å². The first-order valence-corrected chi connectivity index (χ1v) is 7.98. The van der Waals surface area contributed by atoms with E-state index in [2.05, 4.69) is 39.0 Å². The number of carbonyl (C=O) groups is 1. The molecule has 0 atom stereocenters. The maximum absolute atomic E-state index is 11.8. The normalized spacial score (nSPS) is 11.7. The van der Waals surface area contributed by atoms with Crippen molar-refractivity contribution in [2.45, 2.75) is 53.1 Å². The molecule has 0 aliphatic rings. The Morgan fingerprint density at radius 1 is 1.29 bits per heavy atom. The van der Waals surface area contributed by atoms with Crippen LogP contribution in [0.25, 0.3) is 0 Å². The van der Waals surface area contributed by atoms with Crippen molar-refractivity contribution in [2.75, 3.05) is 20.1 Å². The molecule has 3 N–H and O–H groups in total. The second kappa shape index (κ2) is 10.5. The highest BCUT2D eigenvalue weighted by Gasteiger charge is 2.13. The second-order valence-corrected chi connectivity index (χ2v) is 6.65. The average molecular weight is 450 g/mol. The van der Waals surface area contributed by atoms with Gasteiger partial charge in [0, 0.05) is 31.4 Å². The number of amides is 1. The van der Waals surface area contributed by atoms with Gasteiger partial charge in [-0.05, 0) is 47.1 Å². The summed E-state index contributed by atoms with van der Waals surface area (Å²) < 4.78 is 2.00. The molecule has 8 heteroatoms. The van der Waals surface area contributed by atoms with Crippen LogP contribution in [0.2, 0.25) is 0 Å². The lowest BCUT2D eigenvalue weighted by molar-refractivity contribution is -0.121. The van der Waals surface area contributed by atoms with Gasteiger partial charge in [0.15, 0.2) is 5.96 Å². The third-order valence-electron chi connectivity index (χ3n) is 3.10. The Balaban J connectivity index is 0.00000529. The van der Waals surface area contributed by atoms with Crippen molar-refractivity contribution in [1.82, 2.24) is 25.7 Å². The Morgan fingerprint density at radius 2 is 1.96 bits per heavy atom. The van der Waals surface area contributed by atoms with E-state index in [4.69, 9.17) is 0 Å². The first-order chi connectivity index (χ1) is 10.7. The monoisotopic (exact) mass is 450 g/mol. The lowest BCUT2D eigenvalue weighted by Gasteiger charge is -2.21. The van der Waals surface area contributed by atoms with Gasteiger partial charge in [0.25, 0.3) is 0 Å². The summed E-state index contributed by atoms with van der Waals surface area (Å²) in [4.78, 5) is 15.9. The smallest absolute Gasteiger partial charge is 0.239 e. The standard InChI is InChI=1S/C16H30N6O.HI/c1-12-10-13(2)22(21-12)9-7-8-18-15(17-6)19-11-14(23)20-16(3,4)5;/h10H,7-9,11H2,1-6H3,(H,20,23)(H2,17,18,19);1H. The van der Waals surface area contributed by atoms with Crippen LogP contribution in [0, 0.1) is 13.8 Å². The van der Waals surface area contributed by atoms with Crippen molar-refractivity contribution in [3.8, 4) is 0 Å². The van der Waals surface area contributed by atoms with E-state index >= 15 is 0 Å². The number of nitrogens with zero attached hydrogens (tertiary/aromatic N) is 3. The maximum atomic E-state index is 11.8. The van der Waals surface area contributed by atoms with Gasteiger partial charge < -0.3 is 16.0 Å². The predicted molar refractivity (Wildman–Crippen MR) is 109 cm³/mol. The number of aryl methyl sites for hydroxylation is 3. The molecule has 1 amide bonds. The summed E-state index contributed by atoms with van der Waals surface area (Å²) >= 11 is 0. The third-order valence-corrected chi connectivity index (χ3v) is 3.10. The molecule has 138 valence electrons. The van der Waals surface area contributed by atoms with Crippen LogP contribution in [0.15, 0.2) is 11.1 Å². The zero-order valence-corrected chi connectivity index (χ0v) is 17.9. The minimum absolute atomic E-state index is 0. The molecule has 1 rings (SSSR count). The summed E-state index contributed by atoms with van der Waals surface area (Å²) in [6, 6.07) is 2.07. The van der Waals surface area contributed by atoms with Gasteiger partial charge in [-0.1, -0.05) is 0 Å². The van der Waals surface area contributed by atoms with Crippen molar-refractivity contribution in [3.05, 3.63) is 17.5 Å². The number of nitrogens with one attached hydrogen (secondary N) is 3. The van der Waals surface area contributed by atoms with E-state index in [0.717, 1.165) is 25.2 Å². The van der Waals surface area contributed by atoms with Crippen molar-refractivity contribution >= 4 is 35.8 Å². The third kappa shape index (κ3) is 9.09. The Kier molecular flexibility index (Phi) is 9.95. The minimum Gasteiger partial charge on any atom is -0.356 e. The highest BCUT2D eigenvalue weighted by Crippen LogP contribution is 2.02. The molecule has 0 bridgehead atoms. The minimum atomic E-state index is -0.227. The molecule has 0 fully saturated rings. The van der Waals surface area contributed by atoms with Gasteiger partial charge in [-0.3, -0.25) is 14.5 Å². The van der Waals surface area contributed by atoms with E-state index in [1.807, 2.05) is 32.4 Å². The number of aliphatic imine (C=N–C) groups is 1. The predicted octanol–water partition coefficient (Wildman–Crippen LogP) is 1.59. The van der Waals surface area contributed by atoms with Crippen molar-refractivity contribution in [2.24, 2.45) is 4.99 Å². The lowest BCUT2D eigenvalue weighted by atomic mass is 10.1. The fourth-order valence-corrected chi connectivity index (χ4v) is 2.18. The van der Waals surface area contributed by atoms with E-state index in [9.17, 15) is 4.79 Å². The lowest BCUT2D eigenvalue weighted by Crippen LogP contribution is -2.48. The van der Waals surface area contributed by atoms with Crippen LogP contribution in [0.3, 0.4) is 0 Å². The SMILES string of the molecule is CN=C(NCCCn1nc(C)cc1C)NCC(=O)NC(C)(C)C.I. The molecule has 0 saturated carbocycles. The van der Waals surface area contributed by atoms with Crippen LogP contribution in [-0.2, 0) is 11.3 Å². The van der Waals surface area contributed by atoms with Crippen LogP contribution >= 0.6 is 24.0 Å². The van der Waals surface area contributed by atoms with Crippen molar-refractivity contribution in [1.29, 1.82) is 0 Å². The van der Waals surface area contributed by atoms with Gasteiger partial charge in [-0.2, -0.15) is 5.10 Å². The molecule has 7 nitrogen and oxygen atoms in total. The van der Waals surface area contributed by atoms with Crippen LogP contribution in [-0.4, -0.2) is 47.3 Å². The number of guanidine groups is 1. The second-order valence-electron chi connectivity index (χ2n) is 6.65. The molecular weight excluding hydrogens is 419 g/mol. The summed E-state index contributed by atoms with van der Waals surface area (Å²) in [7, 11) is 1.69. The molecule has 0 aliphatic carbocycles. The Bertz CT molecular complexity index is 547. The number of hydrogen-bond acceptors (Lipinski definition) is 3. The first kappa shape index (κ1) is 22.7. The van der Waals surface area contributed by atoms with Gasteiger partial charge in [0.2, 0.25) is 5.91 Å². The quantitative estimate of drug-likeness (QED) is 0.266. The highest BCUT2D eigenvalue weighted by molar-refractivity contribution is 14.0. The van der Waals surface area contributed by atoms with Crippen LogP contribution in [0.1, 0.15) is 38.6 Å².